The molecule has 0 aromatic heterocycles. The predicted octanol–water partition coefficient (Wildman–Crippen LogP) is -0.439. The Balaban J connectivity index is 2.64. The van der Waals surface area contributed by atoms with E-state index in [0.29, 0.717) is 0 Å². The van der Waals surface area contributed by atoms with E-state index in [1.54, 1.807) is 0 Å². The molecule has 1 N–H and O–H groups in total. The summed E-state index contributed by atoms with van der Waals surface area (Å²) in [7, 11) is 4.53. The van der Waals surface area contributed by atoms with E-state index in [2.05, 4.69) is 5.32 Å². The molecule has 2 amide bonds. The third-order valence-corrected chi connectivity index (χ3v) is 1.86. The summed E-state index contributed by atoms with van der Waals surface area (Å²) in [4.78, 5) is 12.7. The standard InChI is InChI=1S/C7H14N2O4/c1-11-4-9-6(13-3)5(12-2)8-7(9)10/h5-6H,4H2,1-3H3,(H,8,10). The molecule has 76 valence electrons. The number of hydrogen-bond donors (Lipinski definition) is 1. The Kier molecular flexibility index (Phi) is 3.47. The van der Waals surface area contributed by atoms with Crippen LogP contribution in [0.5, 0.6) is 0 Å². The van der Waals surface area contributed by atoms with E-state index in [-0.39, 0.29) is 12.8 Å². The Labute approximate surface area is 76.7 Å². The third kappa shape index (κ3) is 1.90. The summed E-state index contributed by atoms with van der Waals surface area (Å²) in [6.45, 7) is 0.185. The monoisotopic (exact) mass is 190 g/mol. The summed E-state index contributed by atoms with van der Waals surface area (Å²) in [5.74, 6) is 0. The molecule has 1 rings (SSSR count). The summed E-state index contributed by atoms with van der Waals surface area (Å²) in [6, 6.07) is -0.249. The van der Waals surface area contributed by atoms with Crippen molar-refractivity contribution >= 4 is 6.03 Å². The van der Waals surface area contributed by atoms with Gasteiger partial charge in [-0.2, -0.15) is 0 Å². The van der Waals surface area contributed by atoms with Crippen molar-refractivity contribution in [2.24, 2.45) is 0 Å². The van der Waals surface area contributed by atoms with Crippen molar-refractivity contribution in [3.8, 4) is 0 Å². The first kappa shape index (κ1) is 10.2. The van der Waals surface area contributed by atoms with Gasteiger partial charge in [0.25, 0.3) is 0 Å². The molecule has 0 aliphatic carbocycles. The lowest BCUT2D eigenvalue weighted by molar-refractivity contribution is -0.100. The highest BCUT2D eigenvalue weighted by Crippen LogP contribution is 2.14. The fraction of sp³-hybridized carbons (Fsp3) is 0.857. The second-order valence-electron chi connectivity index (χ2n) is 2.62. The van der Waals surface area contributed by atoms with Crippen LogP contribution >= 0.6 is 0 Å². The number of hydrogen-bond acceptors (Lipinski definition) is 4. The van der Waals surface area contributed by atoms with Crippen molar-refractivity contribution in [3.63, 3.8) is 0 Å². The molecule has 1 heterocycles. The van der Waals surface area contributed by atoms with Gasteiger partial charge in [0.15, 0.2) is 12.5 Å². The van der Waals surface area contributed by atoms with Gasteiger partial charge in [0.1, 0.15) is 6.73 Å². The lowest BCUT2D eigenvalue weighted by Gasteiger charge is -2.22. The molecular weight excluding hydrogens is 176 g/mol. The van der Waals surface area contributed by atoms with Crippen molar-refractivity contribution in [1.82, 2.24) is 10.2 Å². The zero-order valence-corrected chi connectivity index (χ0v) is 7.94. The van der Waals surface area contributed by atoms with E-state index in [0.717, 1.165) is 0 Å². The Morgan fingerprint density at radius 2 is 2.08 bits per heavy atom. The van der Waals surface area contributed by atoms with E-state index in [1.807, 2.05) is 0 Å². The Hall–Kier alpha value is -0.850. The van der Waals surface area contributed by atoms with Crippen LogP contribution in [0.4, 0.5) is 4.79 Å². The van der Waals surface area contributed by atoms with Gasteiger partial charge in [-0.15, -0.1) is 0 Å². The fourth-order valence-electron chi connectivity index (χ4n) is 1.25. The van der Waals surface area contributed by atoms with Crippen LogP contribution in [-0.2, 0) is 14.2 Å². The molecule has 0 spiro atoms. The maximum Gasteiger partial charge on any atom is 0.323 e. The number of urea groups is 1. The van der Waals surface area contributed by atoms with Gasteiger partial charge in [-0.3, -0.25) is 4.90 Å². The van der Waals surface area contributed by atoms with Crippen molar-refractivity contribution in [2.45, 2.75) is 12.5 Å². The number of nitrogens with zero attached hydrogens (tertiary/aromatic N) is 1. The third-order valence-electron chi connectivity index (χ3n) is 1.86. The first-order valence-corrected chi connectivity index (χ1v) is 3.86. The zero-order chi connectivity index (χ0) is 9.84. The first-order chi connectivity index (χ1) is 6.24. The minimum absolute atomic E-state index is 0.185. The summed E-state index contributed by atoms with van der Waals surface area (Å²) >= 11 is 0. The highest BCUT2D eigenvalue weighted by atomic mass is 16.6. The van der Waals surface area contributed by atoms with E-state index < -0.39 is 12.5 Å². The molecule has 1 fully saturated rings. The average molecular weight is 190 g/mol. The van der Waals surface area contributed by atoms with Gasteiger partial charge in [-0.1, -0.05) is 0 Å². The van der Waals surface area contributed by atoms with Crippen LogP contribution in [0.3, 0.4) is 0 Å². The van der Waals surface area contributed by atoms with Gasteiger partial charge < -0.3 is 19.5 Å². The Bertz CT molecular complexity index is 187. The average Bonchev–Trinajstić information content (AvgIpc) is 2.44. The van der Waals surface area contributed by atoms with E-state index in [9.17, 15) is 4.79 Å². The minimum atomic E-state index is -0.437. The van der Waals surface area contributed by atoms with Gasteiger partial charge in [-0.25, -0.2) is 4.79 Å². The predicted molar refractivity (Wildman–Crippen MR) is 43.8 cm³/mol. The largest absolute Gasteiger partial charge is 0.364 e. The number of carbonyl (C=O) groups is 1. The highest BCUT2D eigenvalue weighted by molar-refractivity contribution is 5.76. The number of methoxy groups -OCH3 is 3. The molecule has 0 radical (unpaired) electrons. The molecule has 0 bridgehead atoms. The number of amides is 2. The Morgan fingerprint density at radius 3 is 2.54 bits per heavy atom. The van der Waals surface area contributed by atoms with Crippen molar-refractivity contribution in [3.05, 3.63) is 0 Å². The van der Waals surface area contributed by atoms with Gasteiger partial charge in [0.2, 0.25) is 0 Å². The normalized spacial score (nSPS) is 27.9. The van der Waals surface area contributed by atoms with Crippen molar-refractivity contribution in [2.75, 3.05) is 28.1 Å². The second-order valence-corrected chi connectivity index (χ2v) is 2.62. The maximum absolute atomic E-state index is 11.3. The number of ether oxygens (including phenoxy) is 3. The van der Waals surface area contributed by atoms with E-state index in [4.69, 9.17) is 14.2 Å². The summed E-state index contributed by atoms with van der Waals surface area (Å²) in [6.07, 6.45) is -0.870. The lowest BCUT2D eigenvalue weighted by Crippen LogP contribution is -2.40. The number of carbonyl (C=O) groups excluding carboxylic acids is 1. The molecule has 6 heteroatoms. The molecule has 1 saturated heterocycles. The van der Waals surface area contributed by atoms with E-state index in [1.165, 1.54) is 26.2 Å². The van der Waals surface area contributed by atoms with Crippen LogP contribution in [0.2, 0.25) is 0 Å². The van der Waals surface area contributed by atoms with Gasteiger partial charge in [0.05, 0.1) is 0 Å². The second kappa shape index (κ2) is 4.40. The quantitative estimate of drug-likeness (QED) is 0.653. The molecule has 0 saturated carbocycles. The van der Waals surface area contributed by atoms with Crippen LogP contribution in [0.1, 0.15) is 0 Å². The molecule has 13 heavy (non-hydrogen) atoms. The SMILES string of the molecule is COCN1C(=O)NC(OC)C1OC. The van der Waals surface area contributed by atoms with Crippen LogP contribution < -0.4 is 5.32 Å². The van der Waals surface area contributed by atoms with Crippen LogP contribution in [-0.4, -0.2) is 51.4 Å². The maximum atomic E-state index is 11.3. The molecular formula is C7H14N2O4. The number of nitrogens with one attached hydrogen (secondary N) is 1. The summed E-state index contributed by atoms with van der Waals surface area (Å²) < 4.78 is 14.9. The fourth-order valence-corrected chi connectivity index (χ4v) is 1.25. The minimum Gasteiger partial charge on any atom is -0.364 e. The molecule has 1 aliphatic rings. The molecule has 2 atom stereocenters. The lowest BCUT2D eigenvalue weighted by atomic mass is 10.5. The van der Waals surface area contributed by atoms with Crippen molar-refractivity contribution in [1.29, 1.82) is 0 Å². The highest BCUT2D eigenvalue weighted by Gasteiger charge is 2.39. The summed E-state index contributed by atoms with van der Waals surface area (Å²) in [5, 5.41) is 2.60. The van der Waals surface area contributed by atoms with Crippen LogP contribution in [0, 0.1) is 0 Å². The van der Waals surface area contributed by atoms with Gasteiger partial charge in [-0.05, 0) is 0 Å². The van der Waals surface area contributed by atoms with E-state index >= 15 is 0 Å². The number of rotatable bonds is 4. The molecule has 6 nitrogen and oxygen atoms in total. The van der Waals surface area contributed by atoms with Crippen LogP contribution in [0.15, 0.2) is 0 Å². The smallest absolute Gasteiger partial charge is 0.323 e. The molecule has 1 aliphatic heterocycles. The van der Waals surface area contributed by atoms with Gasteiger partial charge in [0, 0.05) is 21.3 Å². The Morgan fingerprint density at radius 1 is 1.38 bits per heavy atom. The van der Waals surface area contributed by atoms with Crippen LogP contribution in [0.25, 0.3) is 0 Å². The summed E-state index contributed by atoms with van der Waals surface area (Å²) in [5.41, 5.74) is 0. The topological polar surface area (TPSA) is 60.0 Å². The van der Waals surface area contributed by atoms with Crippen molar-refractivity contribution < 1.29 is 19.0 Å². The molecule has 2 unspecified atom stereocenters. The molecule has 0 aromatic rings. The van der Waals surface area contributed by atoms with Gasteiger partial charge >= 0.3 is 6.03 Å². The first-order valence-electron chi connectivity index (χ1n) is 3.86. The zero-order valence-electron chi connectivity index (χ0n) is 7.94. The molecule has 0 aromatic carbocycles.